The number of carbonyl (C=O) groups excluding carboxylic acids is 1. The highest BCUT2D eigenvalue weighted by Gasteiger charge is 2.15. The van der Waals surface area contributed by atoms with Crippen molar-refractivity contribution in [2.45, 2.75) is 0 Å². The number of hydrogen-bond donors (Lipinski definition) is 1. The van der Waals surface area contributed by atoms with Crippen molar-refractivity contribution in [3.05, 3.63) is 64.3 Å². The van der Waals surface area contributed by atoms with Crippen LogP contribution in [0.15, 0.2) is 48.7 Å². The summed E-state index contributed by atoms with van der Waals surface area (Å²) in [5.41, 5.74) is 6.67. The first-order valence-electron chi connectivity index (χ1n) is 5.75. The van der Waals surface area contributed by atoms with Crippen LogP contribution in [0.25, 0.3) is 17.3 Å². The van der Waals surface area contributed by atoms with Crippen molar-refractivity contribution < 1.29 is 9.72 Å². The first kappa shape index (κ1) is 13.4. The van der Waals surface area contributed by atoms with Gasteiger partial charge in [0, 0.05) is 23.9 Å². The van der Waals surface area contributed by atoms with Crippen molar-refractivity contribution in [3.63, 3.8) is 0 Å². The van der Waals surface area contributed by atoms with Gasteiger partial charge in [-0.25, -0.2) is 4.98 Å². The Hall–Kier alpha value is -3.02. The Labute approximate surface area is 114 Å². The number of rotatable bonds is 4. The Morgan fingerprint density at radius 2 is 1.95 bits per heavy atom. The number of nitrogens with zero attached hydrogens (tertiary/aromatic N) is 2. The van der Waals surface area contributed by atoms with Crippen LogP contribution in [0.3, 0.4) is 0 Å². The molecule has 1 aromatic carbocycles. The summed E-state index contributed by atoms with van der Waals surface area (Å²) in [5.74, 6) is -0.533. The maximum atomic E-state index is 10.9. The molecule has 2 aromatic rings. The molecule has 2 N–H and O–H groups in total. The van der Waals surface area contributed by atoms with E-state index < -0.39 is 10.8 Å². The average molecular weight is 269 g/mol. The second-order valence-electron chi connectivity index (χ2n) is 3.99. The Bertz CT molecular complexity index is 678. The maximum Gasteiger partial charge on any atom is 0.295 e. The summed E-state index contributed by atoms with van der Waals surface area (Å²) >= 11 is 0. The van der Waals surface area contributed by atoms with E-state index in [4.69, 9.17) is 5.73 Å². The lowest BCUT2D eigenvalue weighted by Crippen LogP contribution is -2.05. The number of nitro groups is 1. The molecule has 0 unspecified atom stereocenters. The zero-order valence-electron chi connectivity index (χ0n) is 10.4. The van der Waals surface area contributed by atoms with Crippen LogP contribution in [-0.2, 0) is 4.79 Å². The summed E-state index contributed by atoms with van der Waals surface area (Å²) < 4.78 is 0. The highest BCUT2D eigenvalue weighted by atomic mass is 16.6. The molecule has 2 rings (SSSR count). The molecule has 1 heterocycles. The molecule has 1 amide bonds. The van der Waals surface area contributed by atoms with Gasteiger partial charge in [-0.2, -0.15) is 0 Å². The van der Waals surface area contributed by atoms with E-state index in [1.54, 1.807) is 30.3 Å². The van der Waals surface area contributed by atoms with E-state index >= 15 is 0 Å². The molecular weight excluding hydrogens is 258 g/mol. The average Bonchev–Trinajstić information content (AvgIpc) is 2.45. The van der Waals surface area contributed by atoms with Crippen molar-refractivity contribution in [1.29, 1.82) is 0 Å². The molecule has 0 aliphatic heterocycles. The van der Waals surface area contributed by atoms with Crippen molar-refractivity contribution in [2.75, 3.05) is 0 Å². The van der Waals surface area contributed by atoms with Gasteiger partial charge in [-0.1, -0.05) is 24.3 Å². The van der Waals surface area contributed by atoms with Gasteiger partial charge >= 0.3 is 0 Å². The molecule has 0 spiro atoms. The van der Waals surface area contributed by atoms with Crippen LogP contribution in [0.2, 0.25) is 0 Å². The van der Waals surface area contributed by atoms with Gasteiger partial charge < -0.3 is 5.73 Å². The molecule has 0 aliphatic carbocycles. The largest absolute Gasteiger partial charge is 0.366 e. The van der Waals surface area contributed by atoms with E-state index in [1.807, 2.05) is 0 Å². The van der Waals surface area contributed by atoms with E-state index in [9.17, 15) is 14.9 Å². The van der Waals surface area contributed by atoms with Crippen LogP contribution in [0.1, 0.15) is 5.56 Å². The van der Waals surface area contributed by atoms with Crippen molar-refractivity contribution in [1.82, 2.24) is 4.98 Å². The van der Waals surface area contributed by atoms with E-state index in [0.717, 1.165) is 5.56 Å². The SMILES string of the molecule is NC(=O)/C=C\c1ccc(-c2ncccc2[N+](=O)[O-])cc1. The molecule has 0 saturated carbocycles. The lowest BCUT2D eigenvalue weighted by atomic mass is 10.1. The highest BCUT2D eigenvalue weighted by molar-refractivity contribution is 5.90. The van der Waals surface area contributed by atoms with Crippen LogP contribution in [-0.4, -0.2) is 15.8 Å². The van der Waals surface area contributed by atoms with E-state index in [2.05, 4.69) is 4.98 Å². The van der Waals surface area contributed by atoms with Gasteiger partial charge in [0.2, 0.25) is 5.91 Å². The number of hydrogen-bond acceptors (Lipinski definition) is 4. The van der Waals surface area contributed by atoms with Gasteiger partial charge in [0.25, 0.3) is 5.69 Å². The standard InChI is InChI=1S/C14H11N3O3/c15-13(18)8-5-10-3-6-11(7-4-10)14-12(17(19)20)2-1-9-16-14/h1-9H,(H2,15,18)/b8-5-. The molecule has 0 atom stereocenters. The minimum Gasteiger partial charge on any atom is -0.366 e. The van der Waals surface area contributed by atoms with E-state index in [0.29, 0.717) is 11.3 Å². The highest BCUT2D eigenvalue weighted by Crippen LogP contribution is 2.27. The zero-order valence-corrected chi connectivity index (χ0v) is 10.4. The van der Waals surface area contributed by atoms with Crippen LogP contribution >= 0.6 is 0 Å². The summed E-state index contributed by atoms with van der Waals surface area (Å²) in [6.45, 7) is 0. The number of benzene rings is 1. The molecule has 1 aromatic heterocycles. The topological polar surface area (TPSA) is 99.1 Å². The van der Waals surface area contributed by atoms with Crippen LogP contribution in [0.5, 0.6) is 0 Å². The van der Waals surface area contributed by atoms with Gasteiger partial charge in [-0.15, -0.1) is 0 Å². The monoisotopic (exact) mass is 269 g/mol. The summed E-state index contributed by atoms with van der Waals surface area (Å²) in [4.78, 5) is 25.1. The Balaban J connectivity index is 2.36. The smallest absolute Gasteiger partial charge is 0.295 e. The third kappa shape index (κ3) is 3.05. The molecular formula is C14H11N3O3. The molecule has 100 valence electrons. The van der Waals surface area contributed by atoms with Crippen molar-refractivity contribution >= 4 is 17.7 Å². The number of nitrogens with two attached hydrogens (primary N) is 1. The summed E-state index contributed by atoms with van der Waals surface area (Å²) in [7, 11) is 0. The molecule has 0 fully saturated rings. The van der Waals surface area contributed by atoms with Crippen molar-refractivity contribution in [2.24, 2.45) is 5.73 Å². The molecule has 0 aliphatic rings. The molecule has 6 heteroatoms. The summed E-state index contributed by atoms with van der Waals surface area (Å²) in [6.07, 6.45) is 4.32. The van der Waals surface area contributed by atoms with Crippen LogP contribution < -0.4 is 5.73 Å². The van der Waals surface area contributed by atoms with Crippen LogP contribution in [0.4, 0.5) is 5.69 Å². The second kappa shape index (κ2) is 5.75. The van der Waals surface area contributed by atoms with Gasteiger partial charge in [-0.05, 0) is 17.7 Å². The third-order valence-electron chi connectivity index (χ3n) is 2.61. The fourth-order valence-electron chi connectivity index (χ4n) is 1.70. The quantitative estimate of drug-likeness (QED) is 0.522. The summed E-state index contributed by atoms with van der Waals surface area (Å²) in [6, 6.07) is 9.79. The van der Waals surface area contributed by atoms with E-state index in [1.165, 1.54) is 24.4 Å². The fourth-order valence-corrected chi connectivity index (χ4v) is 1.70. The first-order valence-corrected chi connectivity index (χ1v) is 5.75. The third-order valence-corrected chi connectivity index (χ3v) is 2.61. The predicted molar refractivity (Wildman–Crippen MR) is 74.6 cm³/mol. The number of carbonyl (C=O) groups is 1. The fraction of sp³-hybridized carbons (Fsp3) is 0. The van der Waals surface area contributed by atoms with Gasteiger partial charge in [-0.3, -0.25) is 14.9 Å². The predicted octanol–water partition coefficient (Wildman–Crippen LogP) is 2.16. The van der Waals surface area contributed by atoms with Gasteiger partial charge in [0.15, 0.2) is 0 Å². The van der Waals surface area contributed by atoms with Gasteiger partial charge in [0.05, 0.1) is 4.92 Å². The Kier molecular flexibility index (Phi) is 3.85. The first-order chi connectivity index (χ1) is 9.58. The molecule has 0 bridgehead atoms. The molecule has 0 radical (unpaired) electrons. The number of pyridine rings is 1. The maximum absolute atomic E-state index is 10.9. The molecule has 6 nitrogen and oxygen atoms in total. The molecule has 0 saturated heterocycles. The van der Waals surface area contributed by atoms with E-state index in [-0.39, 0.29) is 5.69 Å². The van der Waals surface area contributed by atoms with Crippen LogP contribution in [0, 0.1) is 10.1 Å². The number of amides is 1. The lowest BCUT2D eigenvalue weighted by molar-refractivity contribution is -0.384. The number of primary amides is 1. The molecule has 20 heavy (non-hydrogen) atoms. The van der Waals surface area contributed by atoms with Gasteiger partial charge in [0.1, 0.15) is 5.69 Å². The Morgan fingerprint density at radius 3 is 2.55 bits per heavy atom. The zero-order chi connectivity index (χ0) is 14.5. The minimum atomic E-state index is -0.533. The lowest BCUT2D eigenvalue weighted by Gasteiger charge is -2.02. The number of aromatic nitrogens is 1. The minimum absolute atomic E-state index is 0.0482. The Morgan fingerprint density at radius 1 is 1.25 bits per heavy atom. The normalized spacial score (nSPS) is 10.6. The second-order valence-corrected chi connectivity index (χ2v) is 3.99. The summed E-state index contributed by atoms with van der Waals surface area (Å²) in [5, 5.41) is 10.9. The van der Waals surface area contributed by atoms with Crippen molar-refractivity contribution in [3.8, 4) is 11.3 Å².